The molecule has 3 rings (SSSR count). The smallest absolute Gasteiger partial charge is 0.397 e. The highest BCUT2D eigenvalue weighted by Gasteiger charge is 2.57. The average molecular weight is 399 g/mol. The van der Waals surface area contributed by atoms with E-state index in [-0.39, 0.29) is 23.4 Å². The number of carbonyl (C=O) groups is 1. The molecule has 0 bridgehead atoms. The molecule has 0 amide bonds. The highest BCUT2D eigenvalue weighted by molar-refractivity contribution is 7.80. The van der Waals surface area contributed by atoms with Crippen molar-refractivity contribution in [3.05, 3.63) is 23.8 Å². The van der Waals surface area contributed by atoms with E-state index in [0.29, 0.717) is 18.8 Å². The van der Waals surface area contributed by atoms with E-state index in [9.17, 15) is 18.3 Å². The highest BCUT2D eigenvalue weighted by Crippen LogP contribution is 2.62. The Hall–Kier alpha value is -1.18. The van der Waals surface area contributed by atoms with Crippen LogP contribution in [-0.4, -0.2) is 30.7 Å². The van der Waals surface area contributed by atoms with Gasteiger partial charge in [0, 0.05) is 0 Å². The van der Waals surface area contributed by atoms with Crippen LogP contribution in [0.2, 0.25) is 0 Å². The van der Waals surface area contributed by atoms with Gasteiger partial charge in [-0.15, -0.1) is 0 Å². The van der Waals surface area contributed by atoms with E-state index in [1.54, 1.807) is 0 Å². The first-order chi connectivity index (χ1) is 12.4. The largest absolute Gasteiger partial charge is 0.481 e. The summed E-state index contributed by atoms with van der Waals surface area (Å²) in [7, 11) is -4.41. The fourth-order valence-corrected chi connectivity index (χ4v) is 6.11. The van der Waals surface area contributed by atoms with Crippen molar-refractivity contribution >= 4 is 16.4 Å². The van der Waals surface area contributed by atoms with Crippen LogP contribution in [0.25, 0.3) is 0 Å². The van der Waals surface area contributed by atoms with E-state index in [1.807, 2.05) is 6.92 Å². The molecule has 7 heteroatoms. The van der Waals surface area contributed by atoms with Crippen molar-refractivity contribution in [3.8, 4) is 0 Å². The first kappa shape index (κ1) is 20.6. The van der Waals surface area contributed by atoms with Crippen LogP contribution >= 0.6 is 0 Å². The lowest BCUT2D eigenvalue weighted by Crippen LogP contribution is -2.52. The Labute approximate surface area is 161 Å². The first-order valence-electron chi connectivity index (χ1n) is 9.66. The summed E-state index contributed by atoms with van der Waals surface area (Å²) < 4.78 is 34.8. The third-order valence-electron chi connectivity index (χ3n) is 7.40. The van der Waals surface area contributed by atoms with Gasteiger partial charge in [0.1, 0.15) is 0 Å². The quantitative estimate of drug-likeness (QED) is 0.679. The molecule has 0 aromatic carbocycles. The molecule has 0 heterocycles. The fourth-order valence-electron chi connectivity index (χ4n) is 5.81. The molecule has 27 heavy (non-hydrogen) atoms. The molecule has 3 aliphatic rings. The van der Waals surface area contributed by atoms with Crippen molar-refractivity contribution in [1.29, 1.82) is 0 Å². The lowest BCUT2D eigenvalue weighted by Gasteiger charge is -2.56. The van der Waals surface area contributed by atoms with E-state index in [1.165, 1.54) is 5.57 Å². The van der Waals surface area contributed by atoms with E-state index < -0.39 is 21.8 Å². The zero-order valence-electron chi connectivity index (χ0n) is 16.3. The highest BCUT2D eigenvalue weighted by atomic mass is 32.3. The molecule has 152 valence electrons. The predicted octanol–water partition coefficient (Wildman–Crippen LogP) is 4.01. The minimum atomic E-state index is -4.41. The van der Waals surface area contributed by atoms with Crippen LogP contribution in [0.15, 0.2) is 23.8 Å². The third-order valence-corrected chi connectivity index (χ3v) is 7.87. The molecule has 3 aliphatic carbocycles. The lowest BCUT2D eigenvalue weighted by atomic mass is 9.47. The van der Waals surface area contributed by atoms with Crippen LogP contribution in [0, 0.1) is 28.1 Å². The molecular formula is C20H30O6S. The van der Waals surface area contributed by atoms with Gasteiger partial charge in [0.2, 0.25) is 0 Å². The molecule has 1 fully saturated rings. The molecule has 2 N–H and O–H groups in total. The fraction of sp³-hybridized carbons (Fsp3) is 0.750. The maximum atomic E-state index is 12.0. The Balaban J connectivity index is 1.87. The molecular weight excluding hydrogens is 368 g/mol. The SMILES string of the molecule is C[C@@]1(CCOS(=O)(=O)O)C=C2C=CC3[C@](C)(CCC[C@]3(C)C(=O)O)C2CC1. The monoisotopic (exact) mass is 398 g/mol. The van der Waals surface area contributed by atoms with E-state index in [2.05, 4.69) is 36.3 Å². The number of allylic oxidation sites excluding steroid dienone is 4. The maximum absolute atomic E-state index is 12.0. The maximum Gasteiger partial charge on any atom is 0.397 e. The molecule has 0 aliphatic heterocycles. The van der Waals surface area contributed by atoms with Crippen molar-refractivity contribution in [2.45, 2.75) is 59.3 Å². The molecule has 0 aromatic rings. The predicted molar refractivity (Wildman–Crippen MR) is 101 cm³/mol. The number of hydrogen-bond donors (Lipinski definition) is 2. The summed E-state index contributed by atoms with van der Waals surface area (Å²) in [5.41, 5.74) is 0.232. The summed E-state index contributed by atoms with van der Waals surface area (Å²) in [5.74, 6) is -0.369. The van der Waals surface area contributed by atoms with E-state index >= 15 is 0 Å². The van der Waals surface area contributed by atoms with Crippen LogP contribution in [0.5, 0.6) is 0 Å². The van der Waals surface area contributed by atoms with Gasteiger partial charge in [-0.2, -0.15) is 8.42 Å². The third kappa shape index (κ3) is 3.74. The number of fused-ring (bicyclic) bond motifs is 3. The van der Waals surface area contributed by atoms with Gasteiger partial charge >= 0.3 is 16.4 Å². The Bertz CT molecular complexity index is 784. The van der Waals surface area contributed by atoms with Gasteiger partial charge < -0.3 is 5.11 Å². The molecule has 1 saturated carbocycles. The van der Waals surface area contributed by atoms with Gasteiger partial charge in [-0.05, 0) is 67.3 Å². The molecule has 0 spiro atoms. The summed E-state index contributed by atoms with van der Waals surface area (Å²) in [4.78, 5) is 12.0. The van der Waals surface area contributed by atoms with Gasteiger partial charge in [0.05, 0.1) is 12.0 Å². The number of carboxylic acid groups (broad SMARTS) is 1. The summed E-state index contributed by atoms with van der Waals surface area (Å²) in [6.45, 7) is 6.15. The van der Waals surface area contributed by atoms with Crippen molar-refractivity contribution in [1.82, 2.24) is 0 Å². The standard InChI is InChI=1S/C20H30O6S/c1-18(11-12-26-27(23,24)25)10-7-15-14(13-18)5-6-16-19(15,2)8-4-9-20(16,3)17(21)22/h5-6,13,15-16H,4,7-12H2,1-3H3,(H,21,22)(H,23,24,25)/t15?,16?,18-,19-,20+/m1/s1. The van der Waals surface area contributed by atoms with Crippen molar-refractivity contribution in [2.24, 2.45) is 28.1 Å². The van der Waals surface area contributed by atoms with Crippen LogP contribution in [0.1, 0.15) is 59.3 Å². The zero-order valence-corrected chi connectivity index (χ0v) is 17.1. The van der Waals surface area contributed by atoms with Crippen LogP contribution in [-0.2, 0) is 19.4 Å². The lowest BCUT2D eigenvalue weighted by molar-refractivity contribution is -0.159. The van der Waals surface area contributed by atoms with E-state index in [0.717, 1.165) is 25.7 Å². The number of hydrogen-bond acceptors (Lipinski definition) is 4. The van der Waals surface area contributed by atoms with Crippen molar-refractivity contribution < 1.29 is 27.1 Å². The second-order valence-electron chi connectivity index (χ2n) is 9.31. The van der Waals surface area contributed by atoms with Gasteiger partial charge in [0.15, 0.2) is 0 Å². The number of carboxylic acids is 1. The van der Waals surface area contributed by atoms with Gasteiger partial charge in [-0.1, -0.05) is 38.5 Å². The topological polar surface area (TPSA) is 101 Å². The second-order valence-corrected chi connectivity index (χ2v) is 10.4. The minimum absolute atomic E-state index is 0.0191. The molecule has 6 nitrogen and oxygen atoms in total. The normalized spacial score (nSPS) is 41.4. The molecule has 2 unspecified atom stereocenters. The molecule has 0 saturated heterocycles. The van der Waals surface area contributed by atoms with Crippen molar-refractivity contribution in [2.75, 3.05) is 6.61 Å². The molecule has 0 radical (unpaired) electrons. The van der Waals surface area contributed by atoms with Crippen LogP contribution in [0.3, 0.4) is 0 Å². The number of rotatable bonds is 5. The van der Waals surface area contributed by atoms with E-state index in [4.69, 9.17) is 4.55 Å². The molecule has 0 aromatic heterocycles. The summed E-state index contributed by atoms with van der Waals surface area (Å²) >= 11 is 0. The summed E-state index contributed by atoms with van der Waals surface area (Å²) in [5, 5.41) is 9.86. The molecule has 5 atom stereocenters. The zero-order chi connectivity index (χ0) is 20.1. The number of aliphatic carboxylic acids is 1. The summed E-state index contributed by atoms with van der Waals surface area (Å²) in [6.07, 6.45) is 11.4. The minimum Gasteiger partial charge on any atom is -0.481 e. The Morgan fingerprint density at radius 2 is 1.96 bits per heavy atom. The van der Waals surface area contributed by atoms with Crippen molar-refractivity contribution in [3.63, 3.8) is 0 Å². The second kappa shape index (κ2) is 6.71. The first-order valence-corrected chi connectivity index (χ1v) is 11.0. The van der Waals surface area contributed by atoms with Gasteiger partial charge in [-0.3, -0.25) is 9.35 Å². The van der Waals surface area contributed by atoms with Gasteiger partial charge in [-0.25, -0.2) is 4.18 Å². The Morgan fingerprint density at radius 3 is 2.59 bits per heavy atom. The van der Waals surface area contributed by atoms with Crippen LogP contribution < -0.4 is 0 Å². The van der Waals surface area contributed by atoms with Crippen LogP contribution in [0.4, 0.5) is 0 Å². The van der Waals surface area contributed by atoms with Gasteiger partial charge in [0.25, 0.3) is 0 Å². The summed E-state index contributed by atoms with van der Waals surface area (Å²) in [6, 6.07) is 0. The Kier molecular flexibility index (Phi) is 5.11. The Morgan fingerprint density at radius 1 is 1.26 bits per heavy atom. The average Bonchev–Trinajstić information content (AvgIpc) is 2.52.